The Morgan fingerprint density at radius 3 is 2.56 bits per heavy atom. The number of nitrogens with zero attached hydrogens (tertiary/aromatic N) is 2. The van der Waals surface area contributed by atoms with E-state index in [1.807, 2.05) is 6.07 Å². The lowest BCUT2D eigenvalue weighted by Gasteiger charge is -2.45. The third-order valence-electron chi connectivity index (χ3n) is 7.13. The molecule has 1 aliphatic carbocycles. The molecule has 3 atom stereocenters. The third-order valence-corrected chi connectivity index (χ3v) is 7.13. The summed E-state index contributed by atoms with van der Waals surface area (Å²) in [4.78, 5) is 18.2. The fourth-order valence-electron chi connectivity index (χ4n) is 5.38. The number of pyridine rings is 1. The first kappa shape index (κ1) is 24.1. The van der Waals surface area contributed by atoms with Gasteiger partial charge in [-0.15, -0.1) is 0 Å². The number of carbonyl (C=O) groups is 1. The van der Waals surface area contributed by atoms with Crippen molar-refractivity contribution in [3.05, 3.63) is 47.8 Å². The molecule has 1 saturated carbocycles. The number of alkyl halides is 3. The van der Waals surface area contributed by atoms with Crippen molar-refractivity contribution in [2.24, 2.45) is 0 Å². The van der Waals surface area contributed by atoms with Gasteiger partial charge < -0.3 is 25.0 Å². The van der Waals surface area contributed by atoms with Gasteiger partial charge in [-0.2, -0.15) is 13.2 Å². The molecule has 2 heterocycles. The van der Waals surface area contributed by atoms with Crippen molar-refractivity contribution in [3.63, 3.8) is 0 Å². The molecule has 2 aromatic rings. The number of fused-ring (bicyclic) bond motifs is 1. The van der Waals surface area contributed by atoms with Gasteiger partial charge in [-0.1, -0.05) is 6.07 Å². The van der Waals surface area contributed by atoms with Crippen LogP contribution >= 0.6 is 0 Å². The number of likely N-dealkylation sites (tertiary alicyclic amines) is 1. The van der Waals surface area contributed by atoms with Crippen molar-refractivity contribution in [2.45, 2.75) is 49.4 Å². The van der Waals surface area contributed by atoms with Gasteiger partial charge >= 0.3 is 12.2 Å². The summed E-state index contributed by atoms with van der Waals surface area (Å²) in [5, 5.41) is 5.57. The summed E-state index contributed by atoms with van der Waals surface area (Å²) >= 11 is 0. The first-order chi connectivity index (χ1) is 16.2. The molecule has 2 N–H and O–H groups in total. The number of anilines is 1. The molecule has 2 amide bonds. The molecule has 1 saturated heterocycles. The second-order valence-electron chi connectivity index (χ2n) is 8.97. The molecule has 2 fully saturated rings. The van der Waals surface area contributed by atoms with Crippen molar-refractivity contribution in [1.82, 2.24) is 15.2 Å². The lowest BCUT2D eigenvalue weighted by Crippen LogP contribution is -2.52. The first-order valence-electron chi connectivity index (χ1n) is 11.2. The number of methoxy groups -OCH3 is 2. The molecule has 7 nitrogen and oxygen atoms in total. The maximum Gasteiger partial charge on any atom is 0.433 e. The van der Waals surface area contributed by atoms with Gasteiger partial charge in [0, 0.05) is 17.5 Å². The zero-order chi connectivity index (χ0) is 24.5. The zero-order valence-electron chi connectivity index (χ0n) is 19.4. The number of benzene rings is 1. The second kappa shape index (κ2) is 9.32. The molecule has 0 radical (unpaired) electrons. The van der Waals surface area contributed by atoms with Crippen LogP contribution in [0.25, 0.3) is 0 Å². The van der Waals surface area contributed by atoms with Crippen LogP contribution in [0.1, 0.15) is 36.9 Å². The number of halogens is 3. The number of aromatic nitrogens is 1. The van der Waals surface area contributed by atoms with E-state index in [-0.39, 0.29) is 23.2 Å². The Balaban J connectivity index is 1.43. The van der Waals surface area contributed by atoms with Gasteiger partial charge in [0.15, 0.2) is 11.5 Å². The van der Waals surface area contributed by atoms with E-state index in [4.69, 9.17) is 9.47 Å². The van der Waals surface area contributed by atoms with Gasteiger partial charge in [0.1, 0.15) is 5.69 Å². The molecule has 10 heteroatoms. The number of ether oxygens (including phenoxy) is 2. The Hall–Kier alpha value is -3.01. The highest BCUT2D eigenvalue weighted by Gasteiger charge is 2.50. The minimum absolute atomic E-state index is 0.0414. The predicted octanol–water partition coefficient (Wildman–Crippen LogP) is 4.43. The minimum atomic E-state index is -4.52. The van der Waals surface area contributed by atoms with Crippen LogP contribution in [0.5, 0.6) is 11.5 Å². The van der Waals surface area contributed by atoms with Gasteiger partial charge in [-0.05, 0) is 69.1 Å². The van der Waals surface area contributed by atoms with Crippen molar-refractivity contribution in [2.75, 3.05) is 33.1 Å². The maximum absolute atomic E-state index is 12.7. The summed E-state index contributed by atoms with van der Waals surface area (Å²) in [6.07, 6.45) is -0.0440. The third kappa shape index (κ3) is 4.64. The molecule has 3 unspecified atom stereocenters. The Morgan fingerprint density at radius 1 is 1.15 bits per heavy atom. The molecule has 2 aliphatic rings. The Kier molecular flexibility index (Phi) is 6.62. The minimum Gasteiger partial charge on any atom is -0.493 e. The van der Waals surface area contributed by atoms with Crippen molar-refractivity contribution in [1.29, 1.82) is 0 Å². The number of hydrogen-bond donors (Lipinski definition) is 2. The van der Waals surface area contributed by atoms with E-state index in [0.29, 0.717) is 11.5 Å². The van der Waals surface area contributed by atoms with Crippen molar-refractivity contribution < 1.29 is 27.4 Å². The highest BCUT2D eigenvalue weighted by Crippen LogP contribution is 2.49. The molecule has 1 aromatic heterocycles. The fourth-order valence-corrected chi connectivity index (χ4v) is 5.38. The quantitative estimate of drug-likeness (QED) is 0.665. The lowest BCUT2D eigenvalue weighted by atomic mass is 9.65. The largest absolute Gasteiger partial charge is 0.493 e. The fraction of sp³-hybridized carbons (Fsp3) is 0.500. The van der Waals surface area contributed by atoms with Gasteiger partial charge in [-0.25, -0.2) is 9.78 Å². The summed E-state index contributed by atoms with van der Waals surface area (Å²) < 4.78 is 49.0. The highest BCUT2D eigenvalue weighted by molar-refractivity contribution is 5.89. The standard InChI is InChI=1S/C24H29F3N4O3/c1-31-11-10-23(15-4-6-18(33-2)19(12-15)34-3)9-8-16(13-21(23)31)29-22(32)30-17-5-7-20(28-14-17)24(25,26)27/h4-7,12,14,16,21H,8-11,13H2,1-3H3,(H2,29,30,32). The topological polar surface area (TPSA) is 75.7 Å². The number of nitrogens with one attached hydrogen (secondary N) is 2. The number of carbonyl (C=O) groups excluding carboxylic acids is 1. The molecule has 1 aliphatic heterocycles. The SMILES string of the molecule is COc1ccc(C23CCC(NC(=O)Nc4ccc(C(F)(F)F)nc4)CC2N(C)CC3)cc1OC. The van der Waals surface area contributed by atoms with Gasteiger partial charge in [-0.3, -0.25) is 0 Å². The first-order valence-corrected chi connectivity index (χ1v) is 11.2. The number of hydrogen-bond acceptors (Lipinski definition) is 5. The van der Waals surface area contributed by atoms with E-state index in [1.54, 1.807) is 14.2 Å². The predicted molar refractivity (Wildman–Crippen MR) is 121 cm³/mol. The monoisotopic (exact) mass is 478 g/mol. The van der Waals surface area contributed by atoms with Crippen molar-refractivity contribution >= 4 is 11.7 Å². The van der Waals surface area contributed by atoms with E-state index in [1.165, 1.54) is 11.6 Å². The molecule has 1 aromatic carbocycles. The molecule has 0 bridgehead atoms. The van der Waals surface area contributed by atoms with E-state index >= 15 is 0 Å². The molecule has 4 rings (SSSR count). The van der Waals surface area contributed by atoms with Crippen LogP contribution in [-0.2, 0) is 11.6 Å². The van der Waals surface area contributed by atoms with Crippen LogP contribution in [0.2, 0.25) is 0 Å². The van der Waals surface area contributed by atoms with E-state index in [2.05, 4.69) is 39.7 Å². The van der Waals surface area contributed by atoms with Gasteiger partial charge in [0.25, 0.3) is 0 Å². The summed E-state index contributed by atoms with van der Waals surface area (Å²) in [7, 11) is 5.34. The van der Waals surface area contributed by atoms with Crippen LogP contribution in [-0.4, -0.2) is 55.8 Å². The Bertz CT molecular complexity index is 1030. The number of rotatable bonds is 5. The Morgan fingerprint density at radius 2 is 1.91 bits per heavy atom. The second-order valence-corrected chi connectivity index (χ2v) is 8.97. The van der Waals surface area contributed by atoms with E-state index in [9.17, 15) is 18.0 Å². The average molecular weight is 479 g/mol. The number of urea groups is 1. The summed E-state index contributed by atoms with van der Waals surface area (Å²) in [6.45, 7) is 0.954. The highest BCUT2D eigenvalue weighted by atomic mass is 19.4. The normalized spacial score (nSPS) is 24.9. The molecule has 34 heavy (non-hydrogen) atoms. The molecule has 0 spiro atoms. The van der Waals surface area contributed by atoms with Crippen LogP contribution in [0.15, 0.2) is 36.5 Å². The average Bonchev–Trinajstić information content (AvgIpc) is 3.15. The number of likely N-dealkylation sites (N-methyl/N-ethyl adjacent to an activating group) is 1. The van der Waals surface area contributed by atoms with Crippen LogP contribution < -0.4 is 20.1 Å². The Labute approximate surface area is 196 Å². The summed E-state index contributed by atoms with van der Waals surface area (Å²) in [6, 6.07) is 7.87. The molecular formula is C24H29F3N4O3. The molecular weight excluding hydrogens is 449 g/mol. The zero-order valence-corrected chi connectivity index (χ0v) is 19.4. The molecule has 184 valence electrons. The van der Waals surface area contributed by atoms with Gasteiger partial charge in [0.2, 0.25) is 0 Å². The van der Waals surface area contributed by atoms with E-state index < -0.39 is 17.9 Å². The summed E-state index contributed by atoms with van der Waals surface area (Å²) in [5.41, 5.74) is 0.374. The number of amides is 2. The van der Waals surface area contributed by atoms with Crippen LogP contribution in [0.3, 0.4) is 0 Å². The van der Waals surface area contributed by atoms with Crippen LogP contribution in [0.4, 0.5) is 23.7 Å². The van der Waals surface area contributed by atoms with Gasteiger partial charge in [0.05, 0.1) is 26.1 Å². The smallest absolute Gasteiger partial charge is 0.433 e. The van der Waals surface area contributed by atoms with Crippen LogP contribution in [0, 0.1) is 0 Å². The maximum atomic E-state index is 12.7. The van der Waals surface area contributed by atoms with Crippen molar-refractivity contribution in [3.8, 4) is 11.5 Å². The lowest BCUT2D eigenvalue weighted by molar-refractivity contribution is -0.141. The summed E-state index contributed by atoms with van der Waals surface area (Å²) in [5.74, 6) is 1.39. The van der Waals surface area contributed by atoms with E-state index in [0.717, 1.165) is 44.5 Å².